The summed E-state index contributed by atoms with van der Waals surface area (Å²) < 4.78 is 5.34. The summed E-state index contributed by atoms with van der Waals surface area (Å²) in [5.74, 6) is -7.26. The standard InChI is InChI=1S/C23H40O8/c1-5-8-11-14-18(19(25)26)23(21(29)30,31-17(4)24)22(20(27)28,15-12-9-6-2)16-13-10-7-3/h18H,5-16H2,1-4H3,(H,25,26)(H,27,28)(H,29,30). The quantitative estimate of drug-likeness (QED) is 0.201. The first kappa shape index (κ1) is 28.9. The zero-order valence-corrected chi connectivity index (χ0v) is 19.4. The third-order valence-electron chi connectivity index (χ3n) is 6.04. The Morgan fingerprint density at radius 2 is 1.19 bits per heavy atom. The molecule has 0 aliphatic carbocycles. The highest BCUT2D eigenvalue weighted by Crippen LogP contribution is 2.50. The fourth-order valence-corrected chi connectivity index (χ4v) is 4.45. The summed E-state index contributed by atoms with van der Waals surface area (Å²) in [6, 6.07) is 0. The van der Waals surface area contributed by atoms with E-state index in [-0.39, 0.29) is 19.3 Å². The normalized spacial score (nSPS) is 14.5. The van der Waals surface area contributed by atoms with Crippen molar-refractivity contribution in [2.24, 2.45) is 11.3 Å². The van der Waals surface area contributed by atoms with Gasteiger partial charge in [-0.15, -0.1) is 0 Å². The van der Waals surface area contributed by atoms with Crippen molar-refractivity contribution in [3.63, 3.8) is 0 Å². The minimum absolute atomic E-state index is 0.0724. The Balaban J connectivity index is 6.89. The van der Waals surface area contributed by atoms with Crippen LogP contribution in [0.2, 0.25) is 0 Å². The van der Waals surface area contributed by atoms with Gasteiger partial charge in [-0.25, -0.2) is 4.79 Å². The maximum absolute atomic E-state index is 12.8. The zero-order chi connectivity index (χ0) is 24.1. The van der Waals surface area contributed by atoms with Crippen LogP contribution in [0.3, 0.4) is 0 Å². The van der Waals surface area contributed by atoms with Crippen LogP contribution in [-0.4, -0.2) is 44.8 Å². The van der Waals surface area contributed by atoms with E-state index in [4.69, 9.17) is 4.74 Å². The van der Waals surface area contributed by atoms with Gasteiger partial charge in [0.05, 0.1) is 0 Å². The van der Waals surface area contributed by atoms with E-state index in [0.717, 1.165) is 26.2 Å². The summed E-state index contributed by atoms with van der Waals surface area (Å²) in [5.41, 5.74) is -4.73. The second-order valence-electron chi connectivity index (χ2n) is 8.32. The number of carboxylic acids is 3. The van der Waals surface area contributed by atoms with Crippen molar-refractivity contribution < 1.29 is 39.2 Å². The van der Waals surface area contributed by atoms with Crippen LogP contribution >= 0.6 is 0 Å². The van der Waals surface area contributed by atoms with Gasteiger partial charge in [0.15, 0.2) is 0 Å². The number of carboxylic acid groups (broad SMARTS) is 3. The minimum Gasteiger partial charge on any atom is -0.481 e. The van der Waals surface area contributed by atoms with Crippen LogP contribution in [0.15, 0.2) is 0 Å². The van der Waals surface area contributed by atoms with Crippen LogP contribution in [0.25, 0.3) is 0 Å². The molecule has 0 saturated heterocycles. The van der Waals surface area contributed by atoms with Crippen LogP contribution in [0, 0.1) is 11.3 Å². The molecule has 0 aromatic rings. The highest BCUT2D eigenvalue weighted by molar-refractivity contribution is 5.95. The number of hydrogen-bond donors (Lipinski definition) is 3. The molecule has 180 valence electrons. The second kappa shape index (κ2) is 14.0. The Morgan fingerprint density at radius 1 is 0.742 bits per heavy atom. The fourth-order valence-electron chi connectivity index (χ4n) is 4.45. The van der Waals surface area contributed by atoms with Crippen molar-refractivity contribution in [2.75, 3.05) is 0 Å². The van der Waals surface area contributed by atoms with Gasteiger partial charge in [0.1, 0.15) is 11.3 Å². The molecule has 8 nitrogen and oxygen atoms in total. The molecule has 0 heterocycles. The van der Waals surface area contributed by atoms with E-state index < -0.39 is 40.8 Å². The Hall–Kier alpha value is -2.12. The number of aliphatic carboxylic acids is 3. The summed E-state index contributed by atoms with van der Waals surface area (Å²) in [6.45, 7) is 6.78. The lowest BCUT2D eigenvalue weighted by Crippen LogP contribution is -2.66. The summed E-state index contributed by atoms with van der Waals surface area (Å²) in [4.78, 5) is 49.9. The average molecular weight is 445 g/mol. The van der Waals surface area contributed by atoms with Crippen molar-refractivity contribution in [3.8, 4) is 0 Å². The first-order chi connectivity index (χ1) is 14.6. The summed E-state index contributed by atoms with van der Waals surface area (Å²) in [5, 5.41) is 30.7. The van der Waals surface area contributed by atoms with Gasteiger partial charge in [0.25, 0.3) is 0 Å². The van der Waals surface area contributed by atoms with E-state index in [0.29, 0.717) is 38.5 Å². The van der Waals surface area contributed by atoms with Gasteiger partial charge >= 0.3 is 23.9 Å². The Morgan fingerprint density at radius 3 is 1.52 bits per heavy atom. The molecule has 8 heteroatoms. The second-order valence-corrected chi connectivity index (χ2v) is 8.32. The molecule has 31 heavy (non-hydrogen) atoms. The highest BCUT2D eigenvalue weighted by atomic mass is 16.6. The molecule has 0 amide bonds. The third kappa shape index (κ3) is 7.21. The monoisotopic (exact) mass is 444 g/mol. The van der Waals surface area contributed by atoms with E-state index in [1.165, 1.54) is 0 Å². The van der Waals surface area contributed by atoms with E-state index in [1.54, 1.807) is 0 Å². The lowest BCUT2D eigenvalue weighted by molar-refractivity contribution is -0.220. The van der Waals surface area contributed by atoms with Crippen molar-refractivity contribution >= 4 is 23.9 Å². The molecule has 0 fully saturated rings. The maximum atomic E-state index is 12.8. The maximum Gasteiger partial charge on any atom is 0.350 e. The van der Waals surface area contributed by atoms with Crippen LogP contribution in [0.4, 0.5) is 0 Å². The van der Waals surface area contributed by atoms with Crippen LogP contribution < -0.4 is 0 Å². The average Bonchev–Trinajstić information content (AvgIpc) is 2.68. The van der Waals surface area contributed by atoms with Crippen LogP contribution in [-0.2, 0) is 23.9 Å². The van der Waals surface area contributed by atoms with Crippen molar-refractivity contribution in [1.82, 2.24) is 0 Å². The van der Waals surface area contributed by atoms with Gasteiger partial charge in [-0.1, -0.05) is 78.6 Å². The highest BCUT2D eigenvalue weighted by Gasteiger charge is 2.69. The molecule has 0 aromatic heterocycles. The van der Waals surface area contributed by atoms with Gasteiger partial charge in [0.2, 0.25) is 5.60 Å². The molecule has 2 unspecified atom stereocenters. The predicted octanol–water partition coefficient (Wildman–Crippen LogP) is 4.89. The predicted molar refractivity (Wildman–Crippen MR) is 116 cm³/mol. The molecular formula is C23H40O8. The van der Waals surface area contributed by atoms with Gasteiger partial charge in [-0.2, -0.15) is 0 Å². The number of carbonyl (C=O) groups excluding carboxylic acids is 1. The van der Waals surface area contributed by atoms with E-state index in [1.807, 2.05) is 20.8 Å². The molecule has 0 aliphatic rings. The molecule has 0 aliphatic heterocycles. The van der Waals surface area contributed by atoms with Crippen LogP contribution in [0.5, 0.6) is 0 Å². The van der Waals surface area contributed by atoms with Crippen molar-refractivity contribution in [3.05, 3.63) is 0 Å². The summed E-state index contributed by atoms with van der Waals surface area (Å²) in [6.07, 6.45) is 5.25. The number of unbranched alkanes of at least 4 members (excludes halogenated alkanes) is 6. The molecule has 0 radical (unpaired) electrons. The molecular weight excluding hydrogens is 404 g/mol. The molecule has 2 atom stereocenters. The third-order valence-corrected chi connectivity index (χ3v) is 6.04. The first-order valence-electron chi connectivity index (χ1n) is 11.5. The van der Waals surface area contributed by atoms with Gasteiger partial charge in [0, 0.05) is 6.92 Å². The Kier molecular flexibility index (Phi) is 13.1. The number of esters is 1. The number of rotatable bonds is 18. The SMILES string of the molecule is CCCCCC(C(=O)O)C(OC(C)=O)(C(=O)O)C(CCCCC)(CCCCC)C(=O)O. The van der Waals surface area contributed by atoms with Gasteiger partial charge in [-0.05, 0) is 19.3 Å². The van der Waals surface area contributed by atoms with E-state index in [9.17, 15) is 34.5 Å². The molecule has 0 aromatic carbocycles. The topological polar surface area (TPSA) is 138 Å². The molecule has 0 saturated carbocycles. The Bertz CT molecular complexity index is 590. The number of hydrogen-bond acceptors (Lipinski definition) is 5. The van der Waals surface area contributed by atoms with Crippen molar-refractivity contribution in [1.29, 1.82) is 0 Å². The number of carbonyl (C=O) groups is 4. The van der Waals surface area contributed by atoms with Gasteiger partial charge in [-0.3, -0.25) is 14.4 Å². The van der Waals surface area contributed by atoms with Gasteiger partial charge < -0.3 is 20.1 Å². The number of ether oxygens (including phenoxy) is 1. The molecule has 0 spiro atoms. The molecule has 3 N–H and O–H groups in total. The largest absolute Gasteiger partial charge is 0.481 e. The Labute approximate surface area is 185 Å². The summed E-state index contributed by atoms with van der Waals surface area (Å²) in [7, 11) is 0. The minimum atomic E-state index is -2.69. The fraction of sp³-hybridized carbons (Fsp3) is 0.826. The first-order valence-corrected chi connectivity index (χ1v) is 11.5. The van der Waals surface area contributed by atoms with Crippen LogP contribution in [0.1, 0.15) is 105 Å². The molecule has 0 bridgehead atoms. The van der Waals surface area contributed by atoms with E-state index in [2.05, 4.69) is 0 Å². The molecule has 0 rings (SSSR count). The summed E-state index contributed by atoms with van der Waals surface area (Å²) >= 11 is 0. The van der Waals surface area contributed by atoms with Crippen molar-refractivity contribution in [2.45, 2.75) is 110 Å². The lowest BCUT2D eigenvalue weighted by atomic mass is 9.59. The smallest absolute Gasteiger partial charge is 0.350 e. The van der Waals surface area contributed by atoms with E-state index >= 15 is 0 Å². The zero-order valence-electron chi connectivity index (χ0n) is 19.4. The lowest BCUT2D eigenvalue weighted by Gasteiger charge is -2.47.